The van der Waals surface area contributed by atoms with Gasteiger partial charge in [0.05, 0.1) is 17.3 Å². The molecule has 7 nitrogen and oxygen atoms in total. The van der Waals surface area contributed by atoms with Gasteiger partial charge in [-0.15, -0.1) is 5.10 Å². The quantitative estimate of drug-likeness (QED) is 0.680. The Bertz CT molecular complexity index is 974. The highest BCUT2D eigenvalue weighted by Gasteiger charge is 2.12. The number of rotatable bonds is 6. The number of nitrogens with zero attached hydrogens (tertiary/aromatic N) is 4. The van der Waals surface area contributed by atoms with Gasteiger partial charge in [0.15, 0.2) is 12.4 Å². The first-order valence-corrected chi connectivity index (χ1v) is 8.89. The van der Waals surface area contributed by atoms with Crippen LogP contribution in [0, 0.1) is 13.8 Å². The molecular weight excluding hydrogens is 389 g/mol. The van der Waals surface area contributed by atoms with E-state index in [1.165, 1.54) is 5.56 Å². The first-order chi connectivity index (χ1) is 12.9. The van der Waals surface area contributed by atoms with E-state index in [1.54, 1.807) is 22.9 Å². The lowest BCUT2D eigenvalue weighted by molar-refractivity contribution is -0.123. The molecule has 0 aliphatic heterocycles. The van der Waals surface area contributed by atoms with Gasteiger partial charge in [0, 0.05) is 5.02 Å². The van der Waals surface area contributed by atoms with Crippen LogP contribution in [0.1, 0.15) is 17.0 Å². The molecule has 1 amide bonds. The van der Waals surface area contributed by atoms with Crippen molar-refractivity contribution >= 4 is 29.1 Å². The third-order valence-electron chi connectivity index (χ3n) is 3.97. The van der Waals surface area contributed by atoms with Gasteiger partial charge in [0.1, 0.15) is 5.75 Å². The maximum atomic E-state index is 12.1. The molecule has 1 N–H and O–H groups in total. The maximum Gasteiger partial charge on any atom is 0.258 e. The number of ether oxygens (including phenoxy) is 1. The Labute approximate surface area is 166 Å². The molecule has 9 heteroatoms. The highest BCUT2D eigenvalue weighted by atomic mass is 35.5. The van der Waals surface area contributed by atoms with Gasteiger partial charge in [0.2, 0.25) is 0 Å². The number of halogens is 2. The molecule has 1 aromatic heterocycles. The number of hydrogen-bond donors (Lipinski definition) is 1. The van der Waals surface area contributed by atoms with Crippen molar-refractivity contribution in [1.29, 1.82) is 0 Å². The second kappa shape index (κ2) is 8.37. The second-order valence-electron chi connectivity index (χ2n) is 5.92. The van der Waals surface area contributed by atoms with Crippen LogP contribution in [0.4, 0.5) is 0 Å². The fourth-order valence-corrected chi connectivity index (χ4v) is 2.80. The summed E-state index contributed by atoms with van der Waals surface area (Å²) in [5.74, 6) is 0.572. The van der Waals surface area contributed by atoms with Crippen LogP contribution in [0.3, 0.4) is 0 Å². The zero-order valence-corrected chi connectivity index (χ0v) is 16.3. The molecule has 0 bridgehead atoms. The molecular formula is C18H17Cl2N5O2. The summed E-state index contributed by atoms with van der Waals surface area (Å²) >= 11 is 11.8. The lowest BCUT2D eigenvalue weighted by atomic mass is 10.1. The van der Waals surface area contributed by atoms with Crippen LogP contribution in [0.2, 0.25) is 10.0 Å². The van der Waals surface area contributed by atoms with Crippen molar-refractivity contribution in [3.8, 4) is 11.4 Å². The molecule has 27 heavy (non-hydrogen) atoms. The van der Waals surface area contributed by atoms with Crippen LogP contribution in [0.15, 0.2) is 36.4 Å². The number of nitrogens with one attached hydrogen (secondary N) is 1. The first-order valence-electron chi connectivity index (χ1n) is 8.13. The zero-order valence-electron chi connectivity index (χ0n) is 14.7. The minimum atomic E-state index is -0.323. The highest BCUT2D eigenvalue weighted by Crippen LogP contribution is 2.27. The molecule has 0 atom stereocenters. The number of aromatic nitrogens is 4. The van der Waals surface area contributed by atoms with Crippen LogP contribution >= 0.6 is 23.2 Å². The van der Waals surface area contributed by atoms with Crippen LogP contribution < -0.4 is 10.1 Å². The summed E-state index contributed by atoms with van der Waals surface area (Å²) in [6.45, 7) is 4.03. The van der Waals surface area contributed by atoms with Gasteiger partial charge in [-0.05, 0) is 65.7 Å². The van der Waals surface area contributed by atoms with E-state index in [9.17, 15) is 4.79 Å². The fraction of sp³-hybridized carbons (Fsp3) is 0.222. The molecule has 2 aromatic carbocycles. The van der Waals surface area contributed by atoms with Gasteiger partial charge in [0.25, 0.3) is 5.91 Å². The summed E-state index contributed by atoms with van der Waals surface area (Å²) in [5, 5.41) is 15.2. The predicted octanol–water partition coefficient (Wildman–Crippen LogP) is 3.28. The smallest absolute Gasteiger partial charge is 0.258 e. The Morgan fingerprint density at radius 2 is 1.96 bits per heavy atom. The number of tetrazole rings is 1. The van der Waals surface area contributed by atoms with Crippen molar-refractivity contribution in [3.05, 3.63) is 63.4 Å². The average molecular weight is 406 g/mol. The van der Waals surface area contributed by atoms with Crippen molar-refractivity contribution in [3.63, 3.8) is 0 Å². The van der Waals surface area contributed by atoms with Gasteiger partial charge in [-0.25, -0.2) is 0 Å². The lowest BCUT2D eigenvalue weighted by Gasteiger charge is -2.10. The van der Waals surface area contributed by atoms with Gasteiger partial charge in [-0.1, -0.05) is 29.3 Å². The molecule has 0 saturated heterocycles. The Morgan fingerprint density at radius 1 is 1.15 bits per heavy atom. The molecule has 0 radical (unpaired) electrons. The van der Waals surface area contributed by atoms with Crippen molar-refractivity contribution in [2.45, 2.75) is 20.4 Å². The van der Waals surface area contributed by atoms with Crippen molar-refractivity contribution in [2.75, 3.05) is 6.61 Å². The van der Waals surface area contributed by atoms with E-state index in [4.69, 9.17) is 27.9 Å². The number of benzene rings is 2. The number of hydrogen-bond acceptors (Lipinski definition) is 5. The summed E-state index contributed by atoms with van der Waals surface area (Å²) < 4.78 is 6.99. The van der Waals surface area contributed by atoms with Crippen LogP contribution in [-0.4, -0.2) is 32.7 Å². The normalized spacial score (nSPS) is 10.7. The third kappa shape index (κ3) is 4.75. The van der Waals surface area contributed by atoms with Crippen molar-refractivity contribution in [1.82, 2.24) is 25.5 Å². The molecule has 3 rings (SSSR count). The Morgan fingerprint density at radius 3 is 2.70 bits per heavy atom. The molecule has 1 heterocycles. The first kappa shape index (κ1) is 19.1. The molecule has 140 valence electrons. The van der Waals surface area contributed by atoms with Crippen LogP contribution in [0.25, 0.3) is 5.69 Å². The van der Waals surface area contributed by atoms with Crippen LogP contribution in [0.5, 0.6) is 5.75 Å². The van der Waals surface area contributed by atoms with Crippen LogP contribution in [-0.2, 0) is 11.3 Å². The summed E-state index contributed by atoms with van der Waals surface area (Å²) in [6.07, 6.45) is 0. The Balaban J connectivity index is 1.59. The van der Waals surface area contributed by atoms with Gasteiger partial charge >= 0.3 is 0 Å². The summed E-state index contributed by atoms with van der Waals surface area (Å²) in [6, 6.07) is 10.7. The number of aryl methyl sites for hydroxylation is 2. The van der Waals surface area contributed by atoms with E-state index in [2.05, 4.69) is 20.8 Å². The molecule has 0 unspecified atom stereocenters. The zero-order chi connectivity index (χ0) is 19.4. The SMILES string of the molecule is Cc1ccc(-n2nnnc2CNC(=O)COc2ccc(Cl)cc2Cl)cc1C. The predicted molar refractivity (Wildman–Crippen MR) is 102 cm³/mol. The minimum Gasteiger partial charge on any atom is -0.482 e. The molecule has 0 spiro atoms. The topological polar surface area (TPSA) is 81.9 Å². The second-order valence-corrected chi connectivity index (χ2v) is 6.76. The average Bonchev–Trinajstić information content (AvgIpc) is 3.10. The standard InChI is InChI=1S/C18H17Cl2N5O2/c1-11-3-5-14(7-12(11)2)25-17(22-23-24-25)9-21-18(26)10-27-16-6-4-13(19)8-15(16)20/h3-8H,9-10H2,1-2H3,(H,21,26). The van der Waals surface area contributed by atoms with E-state index in [0.717, 1.165) is 11.3 Å². The maximum absolute atomic E-state index is 12.1. The van der Waals surface area contributed by atoms with Gasteiger partial charge in [-0.2, -0.15) is 4.68 Å². The third-order valence-corrected chi connectivity index (χ3v) is 4.50. The van der Waals surface area contributed by atoms with E-state index in [0.29, 0.717) is 21.6 Å². The molecule has 0 aliphatic carbocycles. The molecule has 3 aromatic rings. The summed E-state index contributed by atoms with van der Waals surface area (Å²) in [4.78, 5) is 12.1. The summed E-state index contributed by atoms with van der Waals surface area (Å²) in [7, 11) is 0. The monoisotopic (exact) mass is 405 g/mol. The molecule has 0 saturated carbocycles. The van der Waals surface area contributed by atoms with Crippen molar-refractivity contribution < 1.29 is 9.53 Å². The molecule has 0 fully saturated rings. The highest BCUT2D eigenvalue weighted by molar-refractivity contribution is 6.35. The lowest BCUT2D eigenvalue weighted by Crippen LogP contribution is -2.29. The summed E-state index contributed by atoms with van der Waals surface area (Å²) in [5.41, 5.74) is 3.14. The molecule has 0 aliphatic rings. The Hall–Kier alpha value is -2.64. The van der Waals surface area contributed by atoms with E-state index in [-0.39, 0.29) is 19.1 Å². The largest absolute Gasteiger partial charge is 0.482 e. The van der Waals surface area contributed by atoms with Crippen molar-refractivity contribution in [2.24, 2.45) is 0 Å². The minimum absolute atomic E-state index is 0.163. The van der Waals surface area contributed by atoms with Gasteiger partial charge < -0.3 is 10.1 Å². The Kier molecular flexibility index (Phi) is 5.93. The number of amides is 1. The van der Waals surface area contributed by atoms with Gasteiger partial charge in [-0.3, -0.25) is 4.79 Å². The fourth-order valence-electron chi connectivity index (χ4n) is 2.34. The number of carbonyl (C=O) groups excluding carboxylic acids is 1. The van der Waals surface area contributed by atoms with E-state index >= 15 is 0 Å². The number of carbonyl (C=O) groups is 1. The van der Waals surface area contributed by atoms with E-state index < -0.39 is 0 Å². The van der Waals surface area contributed by atoms with E-state index in [1.807, 2.05) is 32.0 Å².